The quantitative estimate of drug-likeness (QED) is 0.762. The van der Waals surface area contributed by atoms with E-state index in [1.807, 2.05) is 12.3 Å². The summed E-state index contributed by atoms with van der Waals surface area (Å²) in [5.74, 6) is 2.04. The minimum Gasteiger partial charge on any atom is -0.370 e. The Kier molecular flexibility index (Phi) is 2.48. The Morgan fingerprint density at radius 1 is 1.54 bits per heavy atom. The Labute approximate surface area is 79.4 Å². The van der Waals surface area contributed by atoms with E-state index in [0.29, 0.717) is 0 Å². The summed E-state index contributed by atoms with van der Waals surface area (Å²) in [7, 11) is 0. The van der Waals surface area contributed by atoms with Crippen molar-refractivity contribution in [1.29, 1.82) is 0 Å². The first-order valence-corrected chi connectivity index (χ1v) is 5.02. The number of hydrogen-bond acceptors (Lipinski definition) is 2. The lowest BCUT2D eigenvalue weighted by Gasteiger charge is -2.06. The number of anilines is 1. The highest BCUT2D eigenvalue weighted by atomic mass is 15.0. The Morgan fingerprint density at radius 2 is 2.38 bits per heavy atom. The predicted molar refractivity (Wildman–Crippen MR) is 54.8 cm³/mol. The van der Waals surface area contributed by atoms with E-state index in [9.17, 15) is 0 Å². The van der Waals surface area contributed by atoms with Gasteiger partial charge in [0.1, 0.15) is 5.82 Å². The van der Waals surface area contributed by atoms with E-state index >= 15 is 0 Å². The molecule has 2 heteroatoms. The van der Waals surface area contributed by atoms with E-state index in [-0.39, 0.29) is 0 Å². The molecule has 0 saturated heterocycles. The Balaban J connectivity index is 1.82. The molecule has 0 bridgehead atoms. The molecular formula is C11H16N2. The summed E-state index contributed by atoms with van der Waals surface area (Å²) in [6.45, 7) is 3.16. The molecule has 1 aromatic rings. The van der Waals surface area contributed by atoms with Crippen LogP contribution in [0.5, 0.6) is 0 Å². The number of pyridine rings is 1. The molecule has 0 aliphatic heterocycles. The Bertz CT molecular complexity index is 279. The van der Waals surface area contributed by atoms with Crippen LogP contribution in [0.3, 0.4) is 0 Å². The maximum atomic E-state index is 4.28. The fourth-order valence-corrected chi connectivity index (χ4v) is 1.47. The predicted octanol–water partition coefficient (Wildman–Crippen LogP) is 2.60. The highest BCUT2D eigenvalue weighted by molar-refractivity contribution is 5.42. The zero-order valence-corrected chi connectivity index (χ0v) is 8.09. The fourth-order valence-electron chi connectivity index (χ4n) is 1.47. The highest BCUT2D eigenvalue weighted by Gasteiger charge is 2.20. The van der Waals surface area contributed by atoms with E-state index in [4.69, 9.17) is 0 Å². The van der Waals surface area contributed by atoms with Gasteiger partial charge in [0, 0.05) is 12.7 Å². The van der Waals surface area contributed by atoms with E-state index < -0.39 is 0 Å². The average molecular weight is 176 g/mol. The van der Waals surface area contributed by atoms with Gasteiger partial charge in [0.05, 0.1) is 0 Å². The van der Waals surface area contributed by atoms with Crippen LogP contribution in [-0.4, -0.2) is 11.5 Å². The number of hydrogen-bond donors (Lipinski definition) is 1. The smallest absolute Gasteiger partial charge is 0.128 e. The first-order valence-electron chi connectivity index (χ1n) is 5.02. The van der Waals surface area contributed by atoms with Crippen LogP contribution in [0, 0.1) is 12.8 Å². The van der Waals surface area contributed by atoms with E-state index in [2.05, 4.69) is 23.3 Å². The van der Waals surface area contributed by atoms with Crippen LogP contribution in [0.25, 0.3) is 0 Å². The molecule has 0 unspecified atom stereocenters. The minimum atomic E-state index is 0.997. The number of aryl methyl sites for hydroxylation is 1. The summed E-state index contributed by atoms with van der Waals surface area (Å²) in [4.78, 5) is 4.28. The summed E-state index contributed by atoms with van der Waals surface area (Å²) in [5.41, 5.74) is 1.23. The first-order chi connectivity index (χ1) is 6.36. The number of nitrogens with zero attached hydrogens (tertiary/aromatic N) is 1. The van der Waals surface area contributed by atoms with Gasteiger partial charge in [-0.3, -0.25) is 0 Å². The molecule has 0 spiro atoms. The van der Waals surface area contributed by atoms with Crippen LogP contribution < -0.4 is 5.32 Å². The molecule has 1 aromatic heterocycles. The molecule has 1 fully saturated rings. The van der Waals surface area contributed by atoms with Crippen molar-refractivity contribution in [2.24, 2.45) is 5.92 Å². The summed E-state index contributed by atoms with van der Waals surface area (Å²) in [6.07, 6.45) is 6.01. The van der Waals surface area contributed by atoms with Crippen molar-refractivity contribution in [3.63, 3.8) is 0 Å². The van der Waals surface area contributed by atoms with Crippen molar-refractivity contribution in [2.75, 3.05) is 11.9 Å². The van der Waals surface area contributed by atoms with Gasteiger partial charge in [0.15, 0.2) is 0 Å². The molecule has 1 N–H and O–H groups in total. The third kappa shape index (κ3) is 2.44. The van der Waals surface area contributed by atoms with Crippen molar-refractivity contribution in [3.8, 4) is 0 Å². The minimum absolute atomic E-state index is 0.997. The first kappa shape index (κ1) is 8.54. The largest absolute Gasteiger partial charge is 0.370 e. The van der Waals surface area contributed by atoms with Gasteiger partial charge in [0.25, 0.3) is 0 Å². The standard InChI is InChI=1S/C11H16N2/c1-9-3-2-7-12-11(9)13-8-6-10-4-5-10/h2-3,7,10H,4-6,8H2,1H3,(H,12,13). The third-order valence-corrected chi connectivity index (χ3v) is 2.55. The average Bonchev–Trinajstić information content (AvgIpc) is 2.92. The lowest BCUT2D eigenvalue weighted by atomic mass is 10.2. The van der Waals surface area contributed by atoms with Gasteiger partial charge in [-0.05, 0) is 30.9 Å². The molecule has 1 saturated carbocycles. The number of aromatic nitrogens is 1. The van der Waals surface area contributed by atoms with Crippen LogP contribution in [0.4, 0.5) is 5.82 Å². The number of nitrogens with one attached hydrogen (secondary N) is 1. The molecule has 1 heterocycles. The molecule has 0 atom stereocenters. The maximum absolute atomic E-state index is 4.28. The molecule has 2 rings (SSSR count). The SMILES string of the molecule is Cc1cccnc1NCCC1CC1. The van der Waals surface area contributed by atoms with E-state index in [1.54, 1.807) is 0 Å². The lowest BCUT2D eigenvalue weighted by Crippen LogP contribution is -2.05. The zero-order valence-electron chi connectivity index (χ0n) is 8.09. The zero-order chi connectivity index (χ0) is 9.10. The Hall–Kier alpha value is -1.05. The molecule has 1 aliphatic rings. The molecule has 0 radical (unpaired) electrons. The molecule has 13 heavy (non-hydrogen) atoms. The molecule has 1 aliphatic carbocycles. The van der Waals surface area contributed by atoms with Gasteiger partial charge < -0.3 is 5.32 Å². The van der Waals surface area contributed by atoms with Gasteiger partial charge in [-0.15, -0.1) is 0 Å². The van der Waals surface area contributed by atoms with Crippen LogP contribution in [-0.2, 0) is 0 Å². The van der Waals surface area contributed by atoms with Gasteiger partial charge in [-0.25, -0.2) is 4.98 Å². The summed E-state index contributed by atoms with van der Waals surface area (Å²) in [5, 5.41) is 3.37. The van der Waals surface area contributed by atoms with Crippen molar-refractivity contribution >= 4 is 5.82 Å². The van der Waals surface area contributed by atoms with Crippen LogP contribution in [0.1, 0.15) is 24.8 Å². The van der Waals surface area contributed by atoms with Gasteiger partial charge >= 0.3 is 0 Å². The van der Waals surface area contributed by atoms with Crippen molar-refractivity contribution in [1.82, 2.24) is 4.98 Å². The van der Waals surface area contributed by atoms with Crippen LogP contribution in [0.2, 0.25) is 0 Å². The third-order valence-electron chi connectivity index (χ3n) is 2.55. The molecule has 2 nitrogen and oxygen atoms in total. The molecule has 0 aromatic carbocycles. The van der Waals surface area contributed by atoms with Crippen molar-refractivity contribution in [3.05, 3.63) is 23.9 Å². The second-order valence-electron chi connectivity index (χ2n) is 3.83. The topological polar surface area (TPSA) is 24.9 Å². The van der Waals surface area contributed by atoms with Crippen molar-refractivity contribution in [2.45, 2.75) is 26.2 Å². The molecule has 70 valence electrons. The van der Waals surface area contributed by atoms with Crippen LogP contribution in [0.15, 0.2) is 18.3 Å². The van der Waals surface area contributed by atoms with E-state index in [0.717, 1.165) is 18.3 Å². The second kappa shape index (κ2) is 3.77. The maximum Gasteiger partial charge on any atom is 0.128 e. The van der Waals surface area contributed by atoms with Gasteiger partial charge in [-0.2, -0.15) is 0 Å². The Morgan fingerprint density at radius 3 is 3.08 bits per heavy atom. The highest BCUT2D eigenvalue weighted by Crippen LogP contribution is 2.32. The van der Waals surface area contributed by atoms with Crippen molar-refractivity contribution < 1.29 is 0 Å². The number of rotatable bonds is 4. The summed E-state index contributed by atoms with van der Waals surface area (Å²) in [6, 6.07) is 4.06. The second-order valence-corrected chi connectivity index (χ2v) is 3.83. The van der Waals surface area contributed by atoms with Gasteiger partial charge in [0.2, 0.25) is 0 Å². The van der Waals surface area contributed by atoms with E-state index in [1.165, 1.54) is 24.8 Å². The fraction of sp³-hybridized carbons (Fsp3) is 0.545. The summed E-state index contributed by atoms with van der Waals surface area (Å²) >= 11 is 0. The monoisotopic (exact) mass is 176 g/mol. The summed E-state index contributed by atoms with van der Waals surface area (Å²) < 4.78 is 0. The lowest BCUT2D eigenvalue weighted by molar-refractivity contribution is 0.758. The van der Waals surface area contributed by atoms with Gasteiger partial charge in [-0.1, -0.05) is 18.9 Å². The normalized spacial score (nSPS) is 15.8. The molecule has 0 amide bonds. The molecular weight excluding hydrogens is 160 g/mol. The van der Waals surface area contributed by atoms with Crippen LogP contribution >= 0.6 is 0 Å².